The molecule has 0 fully saturated rings. The minimum absolute atomic E-state index is 0.345. The molecule has 0 aliphatic rings. The lowest BCUT2D eigenvalue weighted by Gasteiger charge is -2.13. The van der Waals surface area contributed by atoms with Crippen molar-refractivity contribution in [3.63, 3.8) is 0 Å². The summed E-state index contributed by atoms with van der Waals surface area (Å²) in [6.45, 7) is 2.03. The number of benzene rings is 3. The highest BCUT2D eigenvalue weighted by molar-refractivity contribution is 6.07. The summed E-state index contributed by atoms with van der Waals surface area (Å²) in [6, 6.07) is 20.9. The molecule has 172 valence electrons. The summed E-state index contributed by atoms with van der Waals surface area (Å²) in [5.74, 6) is 1.09. The van der Waals surface area contributed by atoms with Crippen molar-refractivity contribution in [2.75, 3.05) is 21.3 Å². The number of methoxy groups -OCH3 is 3. The van der Waals surface area contributed by atoms with Crippen molar-refractivity contribution in [2.45, 2.75) is 6.92 Å². The largest absolute Gasteiger partial charge is 0.493 e. The monoisotopic (exact) mass is 455 g/mol. The lowest BCUT2D eigenvalue weighted by molar-refractivity contribution is 0.0956. The molecule has 4 rings (SSSR count). The van der Waals surface area contributed by atoms with E-state index in [1.807, 2.05) is 55.5 Å². The molecule has 3 aromatic carbocycles. The first-order chi connectivity index (χ1) is 16.5. The van der Waals surface area contributed by atoms with E-state index in [0.717, 1.165) is 27.7 Å². The summed E-state index contributed by atoms with van der Waals surface area (Å²) in [7, 11) is 4.61. The molecule has 0 saturated carbocycles. The average molecular weight is 456 g/mol. The predicted molar refractivity (Wildman–Crippen MR) is 133 cm³/mol. The van der Waals surface area contributed by atoms with Gasteiger partial charge in [-0.1, -0.05) is 48.0 Å². The van der Waals surface area contributed by atoms with E-state index in [0.29, 0.717) is 28.4 Å². The number of fused-ring (bicyclic) bond motifs is 1. The number of nitrogens with one attached hydrogen (secondary N) is 1. The highest BCUT2D eigenvalue weighted by atomic mass is 16.5. The maximum atomic E-state index is 13.1. The van der Waals surface area contributed by atoms with Gasteiger partial charge in [-0.05, 0) is 31.2 Å². The number of hydrazone groups is 1. The number of hydrogen-bond donors (Lipinski definition) is 1. The van der Waals surface area contributed by atoms with Crippen LogP contribution in [-0.4, -0.2) is 38.4 Å². The normalized spacial score (nSPS) is 10.9. The van der Waals surface area contributed by atoms with Crippen molar-refractivity contribution in [1.29, 1.82) is 0 Å². The third kappa shape index (κ3) is 4.54. The molecule has 7 nitrogen and oxygen atoms in total. The van der Waals surface area contributed by atoms with Gasteiger partial charge in [0.15, 0.2) is 11.5 Å². The number of rotatable bonds is 7. The molecule has 0 unspecified atom stereocenters. The quantitative estimate of drug-likeness (QED) is 0.313. The highest BCUT2D eigenvalue weighted by Crippen LogP contribution is 2.39. The van der Waals surface area contributed by atoms with Crippen molar-refractivity contribution < 1.29 is 19.0 Å². The predicted octanol–water partition coefficient (Wildman–Crippen LogP) is 5.00. The molecule has 4 aromatic rings. The average Bonchev–Trinajstić information content (AvgIpc) is 2.87. The third-order valence-corrected chi connectivity index (χ3v) is 5.41. The van der Waals surface area contributed by atoms with Crippen molar-refractivity contribution in [1.82, 2.24) is 10.4 Å². The summed E-state index contributed by atoms with van der Waals surface area (Å²) in [5, 5.41) is 4.90. The van der Waals surface area contributed by atoms with Crippen LogP contribution < -0.4 is 19.6 Å². The van der Waals surface area contributed by atoms with Gasteiger partial charge in [0.05, 0.1) is 44.3 Å². The Morgan fingerprint density at radius 1 is 0.912 bits per heavy atom. The number of pyridine rings is 1. The van der Waals surface area contributed by atoms with Crippen molar-refractivity contribution >= 4 is 23.0 Å². The summed E-state index contributed by atoms with van der Waals surface area (Å²) in [4.78, 5) is 17.9. The fraction of sp³-hybridized carbons (Fsp3) is 0.148. The minimum Gasteiger partial charge on any atom is -0.493 e. The van der Waals surface area contributed by atoms with Gasteiger partial charge in [0.2, 0.25) is 5.75 Å². The Hall–Kier alpha value is -4.39. The molecule has 0 atom stereocenters. The number of nitrogens with zero attached hydrogens (tertiary/aromatic N) is 2. The highest BCUT2D eigenvalue weighted by Gasteiger charge is 2.16. The summed E-state index contributed by atoms with van der Waals surface area (Å²) in [6.07, 6.45) is 1.50. The first-order valence-electron chi connectivity index (χ1n) is 10.6. The van der Waals surface area contributed by atoms with Gasteiger partial charge in [-0.3, -0.25) is 4.79 Å². The Morgan fingerprint density at radius 3 is 2.35 bits per heavy atom. The van der Waals surface area contributed by atoms with Gasteiger partial charge in [-0.15, -0.1) is 0 Å². The smallest absolute Gasteiger partial charge is 0.272 e. The molecule has 7 heteroatoms. The van der Waals surface area contributed by atoms with Gasteiger partial charge < -0.3 is 14.2 Å². The van der Waals surface area contributed by atoms with Crippen molar-refractivity contribution in [2.24, 2.45) is 5.10 Å². The van der Waals surface area contributed by atoms with Gasteiger partial charge >= 0.3 is 0 Å². The van der Waals surface area contributed by atoms with Crippen LogP contribution in [0, 0.1) is 6.92 Å². The zero-order valence-corrected chi connectivity index (χ0v) is 19.5. The van der Waals surface area contributed by atoms with Gasteiger partial charge in [-0.25, -0.2) is 10.4 Å². The number of carbonyl (C=O) groups excluding carboxylic acids is 1. The van der Waals surface area contributed by atoms with E-state index >= 15 is 0 Å². The van der Waals surface area contributed by atoms with Crippen LogP contribution in [0.2, 0.25) is 0 Å². The van der Waals surface area contributed by atoms with Crippen LogP contribution in [0.4, 0.5) is 0 Å². The second kappa shape index (κ2) is 10.0. The first-order valence-corrected chi connectivity index (χ1v) is 10.6. The minimum atomic E-state index is -0.345. The van der Waals surface area contributed by atoms with E-state index in [1.54, 1.807) is 25.3 Å². The van der Waals surface area contributed by atoms with E-state index < -0.39 is 0 Å². The number of carbonyl (C=O) groups is 1. The van der Waals surface area contributed by atoms with E-state index in [2.05, 4.69) is 10.5 Å². The fourth-order valence-corrected chi connectivity index (χ4v) is 3.68. The van der Waals surface area contributed by atoms with Crippen LogP contribution in [0.15, 0.2) is 71.8 Å². The van der Waals surface area contributed by atoms with E-state index in [-0.39, 0.29) is 5.91 Å². The maximum absolute atomic E-state index is 13.1. The number of aryl methyl sites for hydroxylation is 1. The van der Waals surface area contributed by atoms with Gasteiger partial charge in [0.1, 0.15) is 0 Å². The van der Waals surface area contributed by atoms with Crippen molar-refractivity contribution in [3.05, 3.63) is 83.4 Å². The second-order valence-electron chi connectivity index (χ2n) is 7.56. The zero-order valence-electron chi connectivity index (χ0n) is 19.5. The van der Waals surface area contributed by atoms with E-state index in [1.165, 1.54) is 20.4 Å². The number of amides is 1. The molecule has 1 heterocycles. The van der Waals surface area contributed by atoms with Crippen LogP contribution in [-0.2, 0) is 0 Å². The van der Waals surface area contributed by atoms with E-state index in [4.69, 9.17) is 19.2 Å². The number of hydrogen-bond acceptors (Lipinski definition) is 6. The Kier molecular flexibility index (Phi) is 6.73. The topological polar surface area (TPSA) is 82.0 Å². The molecule has 0 radical (unpaired) electrons. The zero-order chi connectivity index (χ0) is 24.1. The first kappa shape index (κ1) is 22.8. The van der Waals surface area contributed by atoms with Crippen LogP contribution >= 0.6 is 0 Å². The Morgan fingerprint density at radius 2 is 1.65 bits per heavy atom. The summed E-state index contributed by atoms with van der Waals surface area (Å²) in [5.41, 5.74) is 7.27. The fourth-order valence-electron chi connectivity index (χ4n) is 3.68. The molecule has 34 heavy (non-hydrogen) atoms. The molecule has 0 aliphatic carbocycles. The van der Waals surface area contributed by atoms with Crippen LogP contribution in [0.3, 0.4) is 0 Å². The van der Waals surface area contributed by atoms with Gasteiger partial charge in [-0.2, -0.15) is 5.10 Å². The number of ether oxygens (including phenoxy) is 3. The SMILES string of the molecule is COc1ccc(/C=N/NC(=O)c2cc(-c3ccc(C)cc3)nc3ccccc23)c(OC)c1OC. The lowest BCUT2D eigenvalue weighted by Crippen LogP contribution is -2.18. The number of aromatic nitrogens is 1. The Balaban J connectivity index is 1.66. The molecule has 0 bridgehead atoms. The molecular weight excluding hydrogens is 430 g/mol. The molecule has 0 aliphatic heterocycles. The van der Waals surface area contributed by atoms with Crippen LogP contribution in [0.25, 0.3) is 22.2 Å². The molecular formula is C27H25N3O4. The standard InChI is InChI=1S/C27H25N3O4/c1-17-9-11-18(12-10-17)23-15-21(20-7-5-6-8-22(20)29-23)27(31)30-28-16-19-13-14-24(32-2)26(34-4)25(19)33-3/h5-16H,1-4H3,(H,30,31)/b28-16+. The molecule has 0 spiro atoms. The van der Waals surface area contributed by atoms with E-state index in [9.17, 15) is 4.79 Å². The van der Waals surface area contributed by atoms with Crippen molar-refractivity contribution in [3.8, 4) is 28.5 Å². The summed E-state index contributed by atoms with van der Waals surface area (Å²) >= 11 is 0. The Labute approximate surface area is 198 Å². The van der Waals surface area contributed by atoms with Gasteiger partial charge in [0, 0.05) is 16.5 Å². The van der Waals surface area contributed by atoms with Gasteiger partial charge in [0.25, 0.3) is 5.91 Å². The Bertz CT molecular complexity index is 1360. The second-order valence-corrected chi connectivity index (χ2v) is 7.56. The maximum Gasteiger partial charge on any atom is 0.272 e. The molecule has 1 aromatic heterocycles. The molecule has 1 N–H and O–H groups in total. The molecule has 0 saturated heterocycles. The summed E-state index contributed by atoms with van der Waals surface area (Å²) < 4.78 is 16.2. The van der Waals surface area contributed by atoms with Crippen LogP contribution in [0.1, 0.15) is 21.5 Å². The molecule has 1 amide bonds. The third-order valence-electron chi connectivity index (χ3n) is 5.41. The van der Waals surface area contributed by atoms with Crippen LogP contribution in [0.5, 0.6) is 17.2 Å². The lowest BCUT2D eigenvalue weighted by atomic mass is 10.0. The number of para-hydroxylation sites is 1.